The predicted octanol–water partition coefficient (Wildman–Crippen LogP) is 2.65. The summed E-state index contributed by atoms with van der Waals surface area (Å²) in [7, 11) is 3.11. The molecular weight excluding hydrogens is 242 g/mol. The molecule has 4 nitrogen and oxygen atoms in total. The quantitative estimate of drug-likeness (QED) is 0.831. The molecule has 0 heterocycles. The van der Waals surface area contributed by atoms with Gasteiger partial charge >= 0.3 is 0 Å². The summed E-state index contributed by atoms with van der Waals surface area (Å²) in [6.45, 7) is 0. The zero-order chi connectivity index (χ0) is 13.7. The van der Waals surface area contributed by atoms with Gasteiger partial charge in [-0.25, -0.2) is 5.48 Å². The molecule has 1 N–H and O–H groups in total. The molecule has 0 saturated heterocycles. The molecule has 19 heavy (non-hydrogen) atoms. The number of nitrogens with one attached hydrogen (secondary N) is 1. The summed E-state index contributed by atoms with van der Waals surface area (Å²) in [6.07, 6.45) is 4.62. The number of hydrogen-bond acceptors (Lipinski definition) is 3. The Balaban J connectivity index is 2.21. The molecular formula is C15H21NO3. The molecule has 4 heteroatoms. The Morgan fingerprint density at radius 2 is 1.84 bits per heavy atom. The lowest BCUT2D eigenvalue weighted by atomic mass is 9.84. The van der Waals surface area contributed by atoms with Crippen molar-refractivity contribution < 1.29 is 14.4 Å². The normalized spacial score (nSPS) is 17.2. The van der Waals surface area contributed by atoms with Crippen LogP contribution in [0.2, 0.25) is 0 Å². The van der Waals surface area contributed by atoms with Gasteiger partial charge in [0.1, 0.15) is 5.75 Å². The van der Waals surface area contributed by atoms with E-state index in [1.165, 1.54) is 20.0 Å². The fourth-order valence-corrected chi connectivity index (χ4v) is 2.90. The second kappa shape index (κ2) is 6.57. The van der Waals surface area contributed by atoms with Gasteiger partial charge in [-0.1, -0.05) is 25.0 Å². The second-order valence-corrected chi connectivity index (χ2v) is 4.97. The Morgan fingerprint density at radius 3 is 2.37 bits per heavy atom. The van der Waals surface area contributed by atoms with Gasteiger partial charge in [0.25, 0.3) is 5.91 Å². The molecule has 1 saturated carbocycles. The molecule has 0 aliphatic heterocycles. The van der Waals surface area contributed by atoms with Crippen LogP contribution in [0.4, 0.5) is 0 Å². The molecule has 2 rings (SSSR count). The van der Waals surface area contributed by atoms with Crippen molar-refractivity contribution in [3.05, 3.63) is 29.8 Å². The van der Waals surface area contributed by atoms with E-state index in [1.807, 2.05) is 24.3 Å². The van der Waals surface area contributed by atoms with Gasteiger partial charge in [0.15, 0.2) is 0 Å². The number of amides is 1. The summed E-state index contributed by atoms with van der Waals surface area (Å²) in [4.78, 5) is 17.0. The first kappa shape index (κ1) is 13.9. The maximum absolute atomic E-state index is 12.2. The first-order valence-corrected chi connectivity index (χ1v) is 6.73. The minimum Gasteiger partial charge on any atom is -0.497 e. The van der Waals surface area contributed by atoms with Gasteiger partial charge in [-0.2, -0.15) is 0 Å². The van der Waals surface area contributed by atoms with Crippen molar-refractivity contribution in [1.29, 1.82) is 0 Å². The van der Waals surface area contributed by atoms with E-state index in [-0.39, 0.29) is 11.8 Å². The molecule has 1 aromatic carbocycles. The van der Waals surface area contributed by atoms with Crippen molar-refractivity contribution in [2.24, 2.45) is 5.92 Å². The Kier molecular flexibility index (Phi) is 4.80. The number of carbonyl (C=O) groups is 1. The minimum absolute atomic E-state index is 0.0560. The first-order valence-electron chi connectivity index (χ1n) is 6.73. The van der Waals surface area contributed by atoms with Crippen molar-refractivity contribution in [2.45, 2.75) is 31.6 Å². The summed E-state index contributed by atoms with van der Waals surface area (Å²) >= 11 is 0. The molecule has 1 aromatic rings. The number of hydrogen-bond donors (Lipinski definition) is 1. The third-order valence-electron chi connectivity index (χ3n) is 3.83. The van der Waals surface area contributed by atoms with Gasteiger partial charge in [-0.05, 0) is 36.5 Å². The lowest BCUT2D eigenvalue weighted by Crippen LogP contribution is -2.32. The maximum Gasteiger partial charge on any atom is 0.251 e. The van der Waals surface area contributed by atoms with E-state index in [9.17, 15) is 4.79 Å². The number of methoxy groups -OCH3 is 1. The van der Waals surface area contributed by atoms with Crippen LogP contribution in [0.5, 0.6) is 5.75 Å². The van der Waals surface area contributed by atoms with Crippen LogP contribution in [0, 0.1) is 5.92 Å². The highest BCUT2D eigenvalue weighted by atomic mass is 16.6. The highest BCUT2D eigenvalue weighted by Crippen LogP contribution is 2.37. The number of benzene rings is 1. The van der Waals surface area contributed by atoms with Crippen LogP contribution in [0.3, 0.4) is 0 Å². The summed E-state index contributed by atoms with van der Waals surface area (Å²) in [5.74, 6) is 1.03. The van der Waals surface area contributed by atoms with Gasteiger partial charge in [-0.3, -0.25) is 9.63 Å². The number of hydroxylamine groups is 1. The zero-order valence-corrected chi connectivity index (χ0v) is 11.5. The highest BCUT2D eigenvalue weighted by Gasteiger charge is 2.32. The summed E-state index contributed by atoms with van der Waals surface area (Å²) in [6, 6.07) is 7.74. The lowest BCUT2D eigenvalue weighted by Gasteiger charge is -2.22. The molecule has 1 aliphatic carbocycles. The van der Waals surface area contributed by atoms with Gasteiger partial charge in [-0.15, -0.1) is 0 Å². The first-order chi connectivity index (χ1) is 9.26. The van der Waals surface area contributed by atoms with Gasteiger partial charge in [0.2, 0.25) is 0 Å². The molecule has 1 aliphatic rings. The third kappa shape index (κ3) is 3.26. The van der Waals surface area contributed by atoms with Crippen molar-refractivity contribution >= 4 is 5.91 Å². The second-order valence-electron chi connectivity index (χ2n) is 4.97. The molecule has 0 aromatic heterocycles. The molecule has 1 amide bonds. The van der Waals surface area contributed by atoms with Crippen molar-refractivity contribution in [1.82, 2.24) is 5.48 Å². The standard InChI is InChI=1S/C15H21NO3/c1-18-13-9-7-12(8-10-13)14(15(17)16-19-2)11-5-3-4-6-11/h7-11,14H,3-6H2,1-2H3,(H,16,17). The van der Waals surface area contributed by atoms with Crippen LogP contribution in [0.15, 0.2) is 24.3 Å². The highest BCUT2D eigenvalue weighted by molar-refractivity contribution is 5.83. The minimum atomic E-state index is -0.131. The number of ether oxygens (including phenoxy) is 1. The monoisotopic (exact) mass is 263 g/mol. The van der Waals surface area contributed by atoms with E-state index >= 15 is 0 Å². The van der Waals surface area contributed by atoms with E-state index in [0.29, 0.717) is 5.92 Å². The van der Waals surface area contributed by atoms with E-state index in [2.05, 4.69) is 5.48 Å². The van der Waals surface area contributed by atoms with E-state index in [0.717, 1.165) is 24.2 Å². The Labute approximate surface area is 114 Å². The SMILES string of the molecule is CONC(=O)C(c1ccc(OC)cc1)C1CCCC1. The van der Waals surface area contributed by atoms with E-state index < -0.39 is 0 Å². The average molecular weight is 263 g/mol. The molecule has 0 bridgehead atoms. The molecule has 1 unspecified atom stereocenters. The molecule has 1 atom stereocenters. The van der Waals surface area contributed by atoms with Crippen LogP contribution >= 0.6 is 0 Å². The van der Waals surface area contributed by atoms with Crippen LogP contribution in [-0.2, 0) is 9.63 Å². The Morgan fingerprint density at radius 1 is 1.21 bits per heavy atom. The fourth-order valence-electron chi connectivity index (χ4n) is 2.90. The van der Waals surface area contributed by atoms with Crippen molar-refractivity contribution in [3.63, 3.8) is 0 Å². The van der Waals surface area contributed by atoms with Crippen LogP contribution in [-0.4, -0.2) is 20.1 Å². The van der Waals surface area contributed by atoms with E-state index in [4.69, 9.17) is 9.57 Å². The molecule has 104 valence electrons. The smallest absolute Gasteiger partial charge is 0.251 e. The average Bonchev–Trinajstić information content (AvgIpc) is 2.94. The summed E-state index contributed by atoms with van der Waals surface area (Å²) in [5.41, 5.74) is 3.51. The van der Waals surface area contributed by atoms with Crippen LogP contribution in [0.25, 0.3) is 0 Å². The summed E-state index contributed by atoms with van der Waals surface area (Å²) in [5, 5.41) is 0. The van der Waals surface area contributed by atoms with Gasteiger partial charge in [0, 0.05) is 0 Å². The predicted molar refractivity (Wildman–Crippen MR) is 72.8 cm³/mol. The Bertz CT molecular complexity index is 410. The zero-order valence-electron chi connectivity index (χ0n) is 11.5. The largest absolute Gasteiger partial charge is 0.497 e. The Hall–Kier alpha value is -1.55. The van der Waals surface area contributed by atoms with E-state index in [1.54, 1.807) is 7.11 Å². The fraction of sp³-hybridized carbons (Fsp3) is 0.533. The van der Waals surface area contributed by atoms with Crippen molar-refractivity contribution in [2.75, 3.05) is 14.2 Å². The number of rotatable bonds is 5. The third-order valence-corrected chi connectivity index (χ3v) is 3.83. The lowest BCUT2D eigenvalue weighted by molar-refractivity contribution is -0.134. The van der Waals surface area contributed by atoms with Crippen LogP contribution < -0.4 is 10.2 Å². The van der Waals surface area contributed by atoms with Crippen molar-refractivity contribution in [3.8, 4) is 5.75 Å². The molecule has 1 fully saturated rings. The van der Waals surface area contributed by atoms with Crippen LogP contribution in [0.1, 0.15) is 37.2 Å². The van der Waals surface area contributed by atoms with Gasteiger partial charge < -0.3 is 4.74 Å². The molecule has 0 spiro atoms. The van der Waals surface area contributed by atoms with Gasteiger partial charge in [0.05, 0.1) is 20.1 Å². The topological polar surface area (TPSA) is 47.6 Å². The maximum atomic E-state index is 12.2. The molecule has 0 radical (unpaired) electrons. The summed E-state index contributed by atoms with van der Waals surface area (Å²) < 4.78 is 5.16. The number of carbonyl (C=O) groups excluding carboxylic acids is 1.